The van der Waals surface area contributed by atoms with Gasteiger partial charge in [0.1, 0.15) is 5.69 Å². The van der Waals surface area contributed by atoms with Crippen LogP contribution in [-0.2, 0) is 16.1 Å². The third kappa shape index (κ3) is 2.89. The van der Waals surface area contributed by atoms with E-state index in [2.05, 4.69) is 5.16 Å². The molecule has 26 heavy (non-hydrogen) atoms. The topological polar surface area (TPSA) is 83.7 Å². The Morgan fingerprint density at radius 1 is 1.00 bits per heavy atom. The van der Waals surface area contributed by atoms with Gasteiger partial charge in [0.2, 0.25) is 0 Å². The Labute approximate surface area is 150 Å². The lowest BCUT2D eigenvalue weighted by Crippen LogP contribution is -2.42. The zero-order valence-corrected chi connectivity index (χ0v) is 14.3. The Balaban J connectivity index is 1.51. The van der Waals surface area contributed by atoms with Gasteiger partial charge < -0.3 is 4.52 Å². The molecule has 7 nitrogen and oxygen atoms in total. The summed E-state index contributed by atoms with van der Waals surface area (Å²) >= 11 is 0. The average molecular weight is 353 g/mol. The van der Waals surface area contributed by atoms with Crippen molar-refractivity contribution in [3.8, 4) is 11.3 Å². The highest BCUT2D eigenvalue weighted by molar-refractivity contribution is 6.44. The van der Waals surface area contributed by atoms with Gasteiger partial charge in [-0.05, 0) is 12.8 Å². The van der Waals surface area contributed by atoms with Crippen LogP contribution in [0.25, 0.3) is 11.3 Å². The first-order chi connectivity index (χ1) is 12.6. The summed E-state index contributed by atoms with van der Waals surface area (Å²) in [5.41, 5.74) is 1.29. The van der Waals surface area contributed by atoms with Crippen molar-refractivity contribution in [2.45, 2.75) is 44.7 Å². The number of urea groups is 1. The van der Waals surface area contributed by atoms with E-state index in [0.717, 1.165) is 47.5 Å². The molecule has 4 rings (SSSR count). The van der Waals surface area contributed by atoms with E-state index in [1.807, 2.05) is 30.3 Å². The lowest BCUT2D eigenvalue weighted by Gasteiger charge is -2.28. The molecule has 2 aromatic rings. The average Bonchev–Trinajstić information content (AvgIpc) is 3.23. The Morgan fingerprint density at radius 3 is 2.46 bits per heavy atom. The second-order valence-corrected chi connectivity index (χ2v) is 6.69. The van der Waals surface area contributed by atoms with Crippen LogP contribution in [0.3, 0.4) is 0 Å². The van der Waals surface area contributed by atoms with E-state index in [0.29, 0.717) is 11.5 Å². The number of amides is 4. The molecule has 1 aliphatic heterocycles. The van der Waals surface area contributed by atoms with Crippen LogP contribution in [0.1, 0.15) is 37.8 Å². The summed E-state index contributed by atoms with van der Waals surface area (Å²) in [5.74, 6) is -0.964. The van der Waals surface area contributed by atoms with Crippen molar-refractivity contribution >= 4 is 17.8 Å². The van der Waals surface area contributed by atoms with Crippen molar-refractivity contribution in [3.63, 3.8) is 0 Å². The number of carbonyl (C=O) groups excluding carboxylic acids is 3. The molecule has 1 aliphatic carbocycles. The number of hydrogen-bond donors (Lipinski definition) is 0. The molecule has 2 heterocycles. The van der Waals surface area contributed by atoms with E-state index in [4.69, 9.17) is 4.52 Å². The van der Waals surface area contributed by atoms with E-state index in [-0.39, 0.29) is 12.6 Å². The molecule has 2 aliphatic rings. The number of hydrogen-bond acceptors (Lipinski definition) is 5. The van der Waals surface area contributed by atoms with Crippen LogP contribution >= 0.6 is 0 Å². The molecule has 4 amide bonds. The molecule has 7 heteroatoms. The Hall–Kier alpha value is -2.96. The van der Waals surface area contributed by atoms with Gasteiger partial charge in [-0.25, -0.2) is 9.69 Å². The molecule has 0 unspecified atom stereocenters. The summed E-state index contributed by atoms with van der Waals surface area (Å²) in [5, 5.41) is 3.94. The smallest absolute Gasteiger partial charge is 0.334 e. The quantitative estimate of drug-likeness (QED) is 0.623. The maximum absolute atomic E-state index is 12.7. The normalized spacial score (nSPS) is 18.8. The van der Waals surface area contributed by atoms with Gasteiger partial charge in [0, 0.05) is 17.7 Å². The summed E-state index contributed by atoms with van der Waals surface area (Å²) in [4.78, 5) is 39.4. The minimum absolute atomic E-state index is 0.0665. The largest absolute Gasteiger partial charge is 0.356 e. The minimum Gasteiger partial charge on any atom is -0.356 e. The van der Waals surface area contributed by atoms with E-state index in [1.165, 1.54) is 0 Å². The van der Waals surface area contributed by atoms with E-state index in [1.54, 1.807) is 6.07 Å². The van der Waals surface area contributed by atoms with E-state index >= 15 is 0 Å². The number of nitrogens with zero attached hydrogens (tertiary/aromatic N) is 3. The fraction of sp³-hybridized carbons (Fsp3) is 0.368. The predicted molar refractivity (Wildman–Crippen MR) is 91.6 cm³/mol. The molecule has 1 saturated carbocycles. The highest BCUT2D eigenvalue weighted by atomic mass is 16.5. The van der Waals surface area contributed by atoms with Crippen molar-refractivity contribution in [2.75, 3.05) is 0 Å². The Morgan fingerprint density at radius 2 is 1.73 bits per heavy atom. The van der Waals surface area contributed by atoms with Crippen molar-refractivity contribution in [2.24, 2.45) is 0 Å². The monoisotopic (exact) mass is 353 g/mol. The fourth-order valence-electron chi connectivity index (χ4n) is 3.61. The maximum Gasteiger partial charge on any atom is 0.334 e. The Kier molecular flexibility index (Phi) is 4.28. The zero-order chi connectivity index (χ0) is 18.1. The van der Waals surface area contributed by atoms with Crippen LogP contribution in [0.2, 0.25) is 0 Å². The van der Waals surface area contributed by atoms with Crippen molar-refractivity contribution < 1.29 is 18.9 Å². The molecule has 1 aromatic heterocycles. The van der Waals surface area contributed by atoms with Crippen molar-refractivity contribution in [3.05, 3.63) is 42.1 Å². The number of imide groups is 2. The van der Waals surface area contributed by atoms with Gasteiger partial charge in [0.25, 0.3) is 0 Å². The molecule has 0 radical (unpaired) electrons. The predicted octanol–water partition coefficient (Wildman–Crippen LogP) is 2.97. The zero-order valence-electron chi connectivity index (χ0n) is 14.3. The second-order valence-electron chi connectivity index (χ2n) is 6.69. The highest BCUT2D eigenvalue weighted by Crippen LogP contribution is 2.28. The molecular weight excluding hydrogens is 334 g/mol. The molecular formula is C19H19N3O4. The molecule has 0 bridgehead atoms. The van der Waals surface area contributed by atoms with Crippen LogP contribution in [0.4, 0.5) is 4.79 Å². The molecule has 0 N–H and O–H groups in total. The third-order valence-corrected chi connectivity index (χ3v) is 4.96. The van der Waals surface area contributed by atoms with E-state index in [9.17, 15) is 14.4 Å². The van der Waals surface area contributed by atoms with Gasteiger partial charge in [0.15, 0.2) is 5.76 Å². The highest BCUT2D eigenvalue weighted by Gasteiger charge is 2.47. The lowest BCUT2D eigenvalue weighted by molar-refractivity contribution is -0.144. The molecule has 2 fully saturated rings. The summed E-state index contributed by atoms with van der Waals surface area (Å²) < 4.78 is 5.30. The van der Waals surface area contributed by atoms with Crippen molar-refractivity contribution in [1.82, 2.24) is 15.0 Å². The number of rotatable bonds is 4. The van der Waals surface area contributed by atoms with Gasteiger partial charge >= 0.3 is 17.8 Å². The van der Waals surface area contributed by atoms with Gasteiger partial charge in [-0.3, -0.25) is 14.5 Å². The first-order valence-corrected chi connectivity index (χ1v) is 8.85. The number of carbonyl (C=O) groups is 3. The fourth-order valence-corrected chi connectivity index (χ4v) is 3.61. The standard InChI is InChI=1S/C19H19N3O4/c23-17-18(24)22(15-9-5-2-6-10-15)19(25)21(17)12-14-11-16(26-20-14)13-7-3-1-4-8-13/h1,3-4,7-8,11,15H,2,5-6,9-10,12H2. The van der Waals surface area contributed by atoms with Crippen LogP contribution < -0.4 is 0 Å². The summed E-state index contributed by atoms with van der Waals surface area (Å²) in [6.45, 7) is -0.0665. The van der Waals surface area contributed by atoms with Crippen molar-refractivity contribution in [1.29, 1.82) is 0 Å². The van der Waals surface area contributed by atoms with Gasteiger partial charge in [-0.15, -0.1) is 0 Å². The van der Waals surface area contributed by atoms with E-state index < -0.39 is 17.8 Å². The molecule has 1 aromatic carbocycles. The van der Waals surface area contributed by atoms with Gasteiger partial charge in [-0.2, -0.15) is 0 Å². The summed E-state index contributed by atoms with van der Waals surface area (Å²) in [7, 11) is 0. The van der Waals surface area contributed by atoms with Crippen LogP contribution in [0.5, 0.6) is 0 Å². The molecule has 0 atom stereocenters. The van der Waals surface area contributed by atoms with Crippen LogP contribution in [0, 0.1) is 0 Å². The number of benzene rings is 1. The number of aromatic nitrogens is 1. The minimum atomic E-state index is -0.787. The Bertz CT molecular complexity index is 839. The lowest BCUT2D eigenvalue weighted by atomic mass is 9.94. The van der Waals surface area contributed by atoms with Gasteiger partial charge in [-0.1, -0.05) is 54.8 Å². The molecule has 134 valence electrons. The molecule has 1 saturated heterocycles. The second kappa shape index (κ2) is 6.74. The van der Waals surface area contributed by atoms with Crippen LogP contribution in [0.15, 0.2) is 40.9 Å². The third-order valence-electron chi connectivity index (χ3n) is 4.96. The summed E-state index contributed by atoms with van der Waals surface area (Å²) in [6.07, 6.45) is 4.58. The first kappa shape index (κ1) is 16.5. The SMILES string of the molecule is O=C1C(=O)N(C2CCCCC2)C(=O)N1Cc1cc(-c2ccccc2)on1. The maximum atomic E-state index is 12.7. The van der Waals surface area contributed by atoms with Gasteiger partial charge in [0.05, 0.1) is 6.54 Å². The summed E-state index contributed by atoms with van der Waals surface area (Å²) in [6, 6.07) is 10.4. The molecule has 0 spiro atoms. The first-order valence-electron chi connectivity index (χ1n) is 8.85. The van der Waals surface area contributed by atoms with Crippen LogP contribution in [-0.4, -0.2) is 38.8 Å².